The van der Waals surface area contributed by atoms with Crippen LogP contribution < -0.4 is 0 Å². The third-order valence-corrected chi connectivity index (χ3v) is 5.06. The molecular weight excluding hydrogens is 254 g/mol. The maximum Gasteiger partial charge on any atom is 0.274 e. The molecule has 1 saturated heterocycles. The Kier molecular flexibility index (Phi) is 2.67. The Morgan fingerprint density at radius 1 is 1.40 bits per heavy atom. The lowest BCUT2D eigenvalue weighted by molar-refractivity contribution is 0.0279. The molecule has 108 valence electrons. The van der Waals surface area contributed by atoms with Crippen LogP contribution in [0.15, 0.2) is 6.07 Å². The Morgan fingerprint density at radius 2 is 2.20 bits per heavy atom. The molecule has 5 heteroatoms. The van der Waals surface area contributed by atoms with Crippen LogP contribution in [0.25, 0.3) is 0 Å². The summed E-state index contributed by atoms with van der Waals surface area (Å²) in [6, 6.07) is 1.91. The van der Waals surface area contributed by atoms with Crippen LogP contribution >= 0.6 is 0 Å². The molecule has 0 bridgehead atoms. The number of likely N-dealkylation sites (tertiary alicyclic amines) is 1. The van der Waals surface area contributed by atoms with E-state index in [0.717, 1.165) is 37.9 Å². The maximum atomic E-state index is 12.5. The first-order valence-corrected chi connectivity index (χ1v) is 7.73. The van der Waals surface area contributed by atoms with Crippen LogP contribution in [0.4, 0.5) is 0 Å². The monoisotopic (exact) mass is 275 g/mol. The van der Waals surface area contributed by atoms with Gasteiger partial charge in [-0.1, -0.05) is 0 Å². The quantitative estimate of drug-likeness (QED) is 0.881. The van der Waals surface area contributed by atoms with E-state index >= 15 is 0 Å². The molecule has 0 spiro atoms. The molecule has 5 nitrogen and oxygen atoms in total. The van der Waals surface area contributed by atoms with Gasteiger partial charge in [-0.25, -0.2) is 0 Å². The summed E-state index contributed by atoms with van der Waals surface area (Å²) in [5, 5.41) is 17.4. The first-order valence-electron chi connectivity index (χ1n) is 7.73. The van der Waals surface area contributed by atoms with Crippen molar-refractivity contribution in [2.24, 2.45) is 5.92 Å². The van der Waals surface area contributed by atoms with Gasteiger partial charge in [-0.05, 0) is 44.6 Å². The second-order valence-corrected chi connectivity index (χ2v) is 6.68. The molecule has 1 aliphatic heterocycles. The van der Waals surface area contributed by atoms with Crippen molar-refractivity contribution in [2.75, 3.05) is 13.1 Å². The number of aromatic amines is 1. The Labute approximate surface area is 118 Å². The van der Waals surface area contributed by atoms with Gasteiger partial charge in [0.25, 0.3) is 5.91 Å². The van der Waals surface area contributed by atoms with Crippen molar-refractivity contribution in [3.63, 3.8) is 0 Å². The highest BCUT2D eigenvalue weighted by Gasteiger charge is 2.49. The highest BCUT2D eigenvalue weighted by Crippen LogP contribution is 2.45. The molecule has 2 heterocycles. The van der Waals surface area contributed by atoms with Crippen LogP contribution in [-0.2, 0) is 0 Å². The predicted molar refractivity (Wildman–Crippen MR) is 73.4 cm³/mol. The molecule has 20 heavy (non-hydrogen) atoms. The lowest BCUT2D eigenvalue weighted by Crippen LogP contribution is -2.44. The fourth-order valence-corrected chi connectivity index (χ4v) is 3.35. The fraction of sp³-hybridized carbons (Fsp3) is 0.733. The van der Waals surface area contributed by atoms with Crippen molar-refractivity contribution in [3.05, 3.63) is 17.5 Å². The molecule has 3 fully saturated rings. The second kappa shape index (κ2) is 4.32. The first kappa shape index (κ1) is 12.4. The lowest BCUT2D eigenvalue weighted by Gasteiger charge is -2.35. The van der Waals surface area contributed by atoms with Gasteiger partial charge in [0.2, 0.25) is 0 Å². The highest BCUT2D eigenvalue weighted by molar-refractivity contribution is 5.92. The van der Waals surface area contributed by atoms with Crippen molar-refractivity contribution >= 4 is 5.91 Å². The van der Waals surface area contributed by atoms with Gasteiger partial charge in [0.15, 0.2) is 0 Å². The number of aliphatic hydroxyl groups is 1. The Hall–Kier alpha value is -1.36. The maximum absolute atomic E-state index is 12.5. The molecule has 1 atom stereocenters. The van der Waals surface area contributed by atoms with Gasteiger partial charge in [0.1, 0.15) is 5.69 Å². The van der Waals surface area contributed by atoms with Gasteiger partial charge in [-0.15, -0.1) is 0 Å². The molecule has 1 aromatic rings. The van der Waals surface area contributed by atoms with E-state index in [-0.39, 0.29) is 11.8 Å². The van der Waals surface area contributed by atoms with E-state index in [2.05, 4.69) is 10.2 Å². The van der Waals surface area contributed by atoms with Crippen molar-refractivity contribution in [1.29, 1.82) is 0 Å². The third kappa shape index (κ3) is 2.14. The van der Waals surface area contributed by atoms with Gasteiger partial charge in [0.05, 0.1) is 5.60 Å². The van der Waals surface area contributed by atoms with Crippen LogP contribution in [0.2, 0.25) is 0 Å². The Bertz CT molecular complexity index is 531. The van der Waals surface area contributed by atoms with E-state index in [1.54, 1.807) is 0 Å². The van der Waals surface area contributed by atoms with Crippen molar-refractivity contribution in [1.82, 2.24) is 15.1 Å². The zero-order valence-corrected chi connectivity index (χ0v) is 11.6. The highest BCUT2D eigenvalue weighted by atomic mass is 16.3. The molecule has 1 amide bonds. The SMILES string of the molecule is O=C(c1cc(C2CC2)[nH]n1)N1CCCC(C2(O)CC2)C1. The van der Waals surface area contributed by atoms with Crippen LogP contribution in [0.5, 0.6) is 0 Å². The molecule has 2 aliphatic carbocycles. The fourth-order valence-electron chi connectivity index (χ4n) is 3.35. The summed E-state index contributed by atoms with van der Waals surface area (Å²) in [4.78, 5) is 14.4. The van der Waals surface area contributed by atoms with E-state index in [1.165, 1.54) is 12.8 Å². The van der Waals surface area contributed by atoms with Crippen molar-refractivity contribution in [3.8, 4) is 0 Å². The molecule has 3 aliphatic rings. The first-order chi connectivity index (χ1) is 9.66. The summed E-state index contributed by atoms with van der Waals surface area (Å²) in [7, 11) is 0. The van der Waals surface area contributed by atoms with Gasteiger partial charge < -0.3 is 10.0 Å². The largest absolute Gasteiger partial charge is 0.390 e. The molecular formula is C15H21N3O2. The van der Waals surface area contributed by atoms with Crippen LogP contribution in [0.3, 0.4) is 0 Å². The molecule has 2 N–H and O–H groups in total. The van der Waals surface area contributed by atoms with E-state index in [4.69, 9.17) is 0 Å². The van der Waals surface area contributed by atoms with Crippen molar-refractivity contribution in [2.45, 2.75) is 50.0 Å². The average molecular weight is 275 g/mol. The smallest absolute Gasteiger partial charge is 0.274 e. The number of amides is 1. The minimum atomic E-state index is -0.482. The minimum absolute atomic E-state index is 0.0158. The summed E-state index contributed by atoms with van der Waals surface area (Å²) in [5.74, 6) is 0.856. The summed E-state index contributed by atoms with van der Waals surface area (Å²) in [5.41, 5.74) is 1.15. The molecule has 2 saturated carbocycles. The number of nitrogens with one attached hydrogen (secondary N) is 1. The number of hydrogen-bond donors (Lipinski definition) is 2. The van der Waals surface area contributed by atoms with Gasteiger partial charge in [0, 0.05) is 30.6 Å². The summed E-state index contributed by atoms with van der Waals surface area (Å²) in [6.07, 6.45) is 6.22. The average Bonchev–Trinajstić information content (AvgIpc) is 3.40. The minimum Gasteiger partial charge on any atom is -0.390 e. The summed E-state index contributed by atoms with van der Waals surface area (Å²) in [6.45, 7) is 1.47. The van der Waals surface area contributed by atoms with E-state index in [1.807, 2.05) is 11.0 Å². The number of carbonyl (C=O) groups excluding carboxylic acids is 1. The normalized spacial score (nSPS) is 28.4. The topological polar surface area (TPSA) is 69.2 Å². The number of rotatable bonds is 3. The van der Waals surface area contributed by atoms with Gasteiger partial charge in [-0.3, -0.25) is 9.89 Å². The Balaban J connectivity index is 1.46. The van der Waals surface area contributed by atoms with E-state index in [9.17, 15) is 9.90 Å². The van der Waals surface area contributed by atoms with E-state index in [0.29, 0.717) is 18.2 Å². The predicted octanol–water partition coefficient (Wildman–Crippen LogP) is 1.66. The summed E-state index contributed by atoms with van der Waals surface area (Å²) < 4.78 is 0. The van der Waals surface area contributed by atoms with Crippen LogP contribution in [-0.4, -0.2) is 44.8 Å². The van der Waals surface area contributed by atoms with E-state index < -0.39 is 5.60 Å². The Morgan fingerprint density at radius 3 is 2.90 bits per heavy atom. The standard InChI is InChI=1S/C15H21N3O2/c19-14(13-8-12(16-17-13)10-3-4-10)18-7-1-2-11(9-18)15(20)5-6-15/h8,10-11,20H,1-7,9H2,(H,16,17). The molecule has 4 rings (SSSR count). The van der Waals surface area contributed by atoms with Gasteiger partial charge >= 0.3 is 0 Å². The molecule has 0 aromatic carbocycles. The van der Waals surface area contributed by atoms with Crippen LogP contribution in [0, 0.1) is 5.92 Å². The number of aromatic nitrogens is 2. The summed E-state index contributed by atoms with van der Waals surface area (Å²) >= 11 is 0. The number of H-pyrrole nitrogens is 1. The van der Waals surface area contributed by atoms with Crippen LogP contribution in [0.1, 0.15) is 60.6 Å². The lowest BCUT2D eigenvalue weighted by atomic mass is 9.90. The number of nitrogens with zero attached hydrogens (tertiary/aromatic N) is 2. The molecule has 0 radical (unpaired) electrons. The van der Waals surface area contributed by atoms with Crippen molar-refractivity contribution < 1.29 is 9.90 Å². The molecule has 1 unspecified atom stereocenters. The third-order valence-electron chi connectivity index (χ3n) is 5.06. The molecule has 1 aromatic heterocycles. The number of piperidine rings is 1. The zero-order valence-electron chi connectivity index (χ0n) is 11.6. The zero-order chi connectivity index (χ0) is 13.7. The van der Waals surface area contributed by atoms with Gasteiger partial charge in [-0.2, -0.15) is 5.10 Å². The second-order valence-electron chi connectivity index (χ2n) is 6.68. The number of carbonyl (C=O) groups is 1. The number of hydrogen-bond acceptors (Lipinski definition) is 3.